The molecule has 244 valence electrons. The second-order valence-electron chi connectivity index (χ2n) is 13.5. The zero-order valence-electron chi connectivity index (χ0n) is 28.2. The van der Waals surface area contributed by atoms with E-state index in [2.05, 4.69) is 36.1 Å². The molecule has 0 atom stereocenters. The molecule has 0 aromatic rings. The third kappa shape index (κ3) is 31.6. The summed E-state index contributed by atoms with van der Waals surface area (Å²) in [6.45, 7) is 6.37. The van der Waals surface area contributed by atoms with E-state index in [1.807, 2.05) is 0 Å². The Kier molecular flexibility index (Phi) is 30.2. The van der Waals surface area contributed by atoms with Crippen LogP contribution < -0.4 is 5.09 Å². The zero-order chi connectivity index (χ0) is 29.6. The quantitative estimate of drug-likeness (QED) is 0.0436. The fraction of sp³-hybridized carbons (Fsp3) is 1.00. The van der Waals surface area contributed by atoms with Crippen molar-refractivity contribution in [3.63, 3.8) is 0 Å². The van der Waals surface area contributed by atoms with Gasteiger partial charge < -0.3 is 0 Å². The normalized spacial score (nSPS) is 12.8. The van der Waals surface area contributed by atoms with Crippen LogP contribution in [0, 0.1) is 0 Å². The van der Waals surface area contributed by atoms with Gasteiger partial charge in [0.05, 0.1) is 0 Å². The Morgan fingerprint density at radius 2 is 0.775 bits per heavy atom. The van der Waals surface area contributed by atoms with Crippen molar-refractivity contribution >= 4 is 21.3 Å². The van der Waals surface area contributed by atoms with Gasteiger partial charge in [0.15, 0.2) is 0 Å². The van der Waals surface area contributed by atoms with Gasteiger partial charge in [-0.15, -0.1) is 0 Å². The first-order valence-electron chi connectivity index (χ1n) is 18.0. The minimum absolute atomic E-state index is 0.539. The van der Waals surface area contributed by atoms with E-state index in [0.29, 0.717) is 13.2 Å². The number of hydrogen-bond acceptors (Lipinski definition) is 3. The number of nitrogens with one attached hydrogen (secondary N) is 1. The Morgan fingerprint density at radius 3 is 1.07 bits per heavy atom. The molecule has 0 aromatic carbocycles. The van der Waals surface area contributed by atoms with Crippen LogP contribution in [-0.4, -0.2) is 33.3 Å². The summed E-state index contributed by atoms with van der Waals surface area (Å²) in [4.78, 5) is 0. The molecular weight excluding hydrogens is 576 g/mol. The molecule has 0 rings (SSSR count). The van der Waals surface area contributed by atoms with E-state index in [0.717, 1.165) is 38.6 Å². The molecule has 0 aliphatic rings. The van der Waals surface area contributed by atoms with Crippen LogP contribution in [0.2, 0.25) is 22.3 Å². The van der Waals surface area contributed by atoms with Crippen molar-refractivity contribution in [2.45, 2.75) is 197 Å². The third-order valence-corrected chi connectivity index (χ3v) is 13.5. The second-order valence-corrected chi connectivity index (χ2v) is 27.1. The summed E-state index contributed by atoms with van der Waals surface area (Å²) >= 11 is -1.57. The molecule has 0 aromatic heterocycles. The summed E-state index contributed by atoms with van der Waals surface area (Å²) in [5, 5.41) is 4.48. The number of rotatable bonds is 33. The molecule has 1 N–H and O–H groups in total. The molecule has 0 spiro atoms. The average Bonchev–Trinajstić information content (AvgIpc) is 2.91. The monoisotopic (exact) mass is 651 g/mol. The molecule has 0 saturated heterocycles. The first-order valence-corrected chi connectivity index (χ1v) is 27.3. The van der Waals surface area contributed by atoms with Gasteiger partial charge in [0, 0.05) is 0 Å². The summed E-state index contributed by atoms with van der Waals surface area (Å²) in [6, 6.07) is 0. The zero-order valence-corrected chi connectivity index (χ0v) is 31.2. The van der Waals surface area contributed by atoms with Crippen molar-refractivity contribution in [1.82, 2.24) is 5.09 Å². The first kappa shape index (κ1) is 40.7. The Labute approximate surface area is 255 Å². The smallest absolute Gasteiger partial charge is 0.0654 e. The van der Waals surface area contributed by atoms with E-state index >= 15 is 0 Å². The SMILES string of the molecule is CCCCCCCCCCCCCCOP(=O)(NCCC[AsH](C)(C)C)OCCCCCCCCCCCCCC. The van der Waals surface area contributed by atoms with Crippen LogP contribution in [0.5, 0.6) is 0 Å². The molecule has 0 radical (unpaired) electrons. The molecule has 0 unspecified atom stereocenters. The second kappa shape index (κ2) is 29.7. The fourth-order valence-electron chi connectivity index (χ4n) is 5.22. The summed E-state index contributed by atoms with van der Waals surface area (Å²) < 4.78 is 25.2. The van der Waals surface area contributed by atoms with Crippen molar-refractivity contribution in [1.29, 1.82) is 0 Å². The predicted molar refractivity (Wildman–Crippen MR) is 184 cm³/mol. The average molecular weight is 652 g/mol. The summed E-state index contributed by atoms with van der Waals surface area (Å²) in [5.74, 6) is 0. The van der Waals surface area contributed by atoms with Crippen LogP contribution >= 0.6 is 7.75 Å². The molecule has 40 heavy (non-hydrogen) atoms. The van der Waals surface area contributed by atoms with Gasteiger partial charge in [0.25, 0.3) is 0 Å². The van der Waals surface area contributed by atoms with E-state index in [1.165, 1.54) is 134 Å². The molecule has 0 heterocycles. The predicted octanol–water partition coefficient (Wildman–Crippen LogP) is 12.6. The summed E-state index contributed by atoms with van der Waals surface area (Å²) in [5.41, 5.74) is 7.31. The van der Waals surface area contributed by atoms with Crippen molar-refractivity contribution in [3.8, 4) is 0 Å². The number of unbranched alkanes of at least 4 members (excludes halogenated alkanes) is 22. The summed E-state index contributed by atoms with van der Waals surface area (Å²) in [7, 11) is -3.20. The topological polar surface area (TPSA) is 47.6 Å². The van der Waals surface area contributed by atoms with Crippen LogP contribution in [-0.2, 0) is 13.6 Å². The third-order valence-electron chi connectivity index (χ3n) is 7.93. The van der Waals surface area contributed by atoms with Gasteiger partial charge in [-0.25, -0.2) is 0 Å². The van der Waals surface area contributed by atoms with Crippen LogP contribution in [0.4, 0.5) is 0 Å². The Hall–Kier alpha value is 0.668. The minimum atomic E-state index is -3.20. The van der Waals surface area contributed by atoms with Crippen molar-refractivity contribution in [3.05, 3.63) is 0 Å². The molecule has 0 saturated carbocycles. The Morgan fingerprint density at radius 1 is 0.475 bits per heavy atom. The van der Waals surface area contributed by atoms with Gasteiger partial charge in [0.1, 0.15) is 0 Å². The van der Waals surface area contributed by atoms with E-state index in [1.54, 1.807) is 0 Å². The van der Waals surface area contributed by atoms with E-state index in [-0.39, 0.29) is 0 Å². The van der Waals surface area contributed by atoms with E-state index in [9.17, 15) is 4.57 Å². The van der Waals surface area contributed by atoms with Gasteiger partial charge in [-0.2, -0.15) is 0 Å². The van der Waals surface area contributed by atoms with Gasteiger partial charge in [-0.3, -0.25) is 0 Å². The van der Waals surface area contributed by atoms with Gasteiger partial charge >= 0.3 is 153 Å². The minimum Gasteiger partial charge on any atom is -0.0654 e. The molecule has 6 heteroatoms. The van der Waals surface area contributed by atoms with E-state index < -0.39 is 21.3 Å². The maximum absolute atomic E-state index is 13.4. The Bertz CT molecular complexity index is 522. The molecule has 0 fully saturated rings. The van der Waals surface area contributed by atoms with E-state index in [4.69, 9.17) is 9.05 Å². The first-order chi connectivity index (χ1) is 19.3. The molecule has 0 aliphatic carbocycles. The number of hydrogen-bond donors (Lipinski definition) is 1. The van der Waals surface area contributed by atoms with Crippen molar-refractivity contribution < 1.29 is 13.6 Å². The standard InChI is InChI=1S/C34H75AsNO3P/c1-6-8-10-12-14-16-18-20-22-24-26-28-33-38-40(37,36-32-30-31-35(3,4)5)39-34-29-27-25-23-21-19-17-15-13-11-9-7-2/h35H,6-34H2,1-5H3,(H,36,37). The Balaban J connectivity index is 3.98. The van der Waals surface area contributed by atoms with Crippen LogP contribution in [0.1, 0.15) is 174 Å². The van der Waals surface area contributed by atoms with Gasteiger partial charge in [-0.1, -0.05) is 104 Å². The molecular formula is C34H75AsNO3P. The molecule has 0 aliphatic heterocycles. The van der Waals surface area contributed by atoms with Crippen molar-refractivity contribution in [2.75, 3.05) is 19.8 Å². The fourth-order valence-corrected chi connectivity index (χ4v) is 9.24. The van der Waals surface area contributed by atoms with Crippen LogP contribution in [0.3, 0.4) is 0 Å². The van der Waals surface area contributed by atoms with Crippen molar-refractivity contribution in [2.24, 2.45) is 0 Å². The summed E-state index contributed by atoms with van der Waals surface area (Å²) in [6.07, 6.45) is 32.7. The molecule has 0 amide bonds. The maximum atomic E-state index is 13.4. The van der Waals surface area contributed by atoms with Crippen LogP contribution in [0.25, 0.3) is 0 Å². The van der Waals surface area contributed by atoms with Crippen LogP contribution in [0.15, 0.2) is 0 Å². The molecule has 0 bridgehead atoms. The van der Waals surface area contributed by atoms with Gasteiger partial charge in [-0.05, 0) is 0 Å². The molecule has 4 nitrogen and oxygen atoms in total. The van der Waals surface area contributed by atoms with Gasteiger partial charge in [0.2, 0.25) is 0 Å².